The summed E-state index contributed by atoms with van der Waals surface area (Å²) in [5.41, 5.74) is 1.17. The number of ether oxygens (including phenoxy) is 1. The number of nitrogens with one attached hydrogen (secondary N) is 2. The third-order valence-electron chi connectivity index (χ3n) is 5.58. The molecule has 1 aromatic rings. The van der Waals surface area contributed by atoms with Crippen molar-refractivity contribution in [1.29, 1.82) is 0 Å². The van der Waals surface area contributed by atoms with Gasteiger partial charge in [-0.1, -0.05) is 13.8 Å². The van der Waals surface area contributed by atoms with Crippen molar-refractivity contribution in [2.24, 2.45) is 10.9 Å². The molecule has 1 atom stereocenters. The van der Waals surface area contributed by atoms with E-state index in [1.807, 2.05) is 7.05 Å². The summed E-state index contributed by atoms with van der Waals surface area (Å²) in [7, 11) is 1.84. The van der Waals surface area contributed by atoms with E-state index in [4.69, 9.17) is 9.72 Å². The summed E-state index contributed by atoms with van der Waals surface area (Å²) >= 11 is 1.77. The van der Waals surface area contributed by atoms with Crippen molar-refractivity contribution >= 4 is 46.4 Å². The van der Waals surface area contributed by atoms with E-state index in [2.05, 4.69) is 44.7 Å². The van der Waals surface area contributed by atoms with Gasteiger partial charge in [0.05, 0.1) is 18.9 Å². The van der Waals surface area contributed by atoms with Crippen LogP contribution in [0.15, 0.2) is 10.4 Å². The molecule has 0 saturated carbocycles. The van der Waals surface area contributed by atoms with Crippen LogP contribution >= 0.6 is 35.3 Å². The van der Waals surface area contributed by atoms with E-state index in [-0.39, 0.29) is 24.0 Å². The first-order chi connectivity index (χ1) is 13.7. The minimum atomic E-state index is 0. The van der Waals surface area contributed by atoms with Gasteiger partial charge >= 0.3 is 0 Å². The fraction of sp³-hybridized carbons (Fsp3) is 0.800. The summed E-state index contributed by atoms with van der Waals surface area (Å²) in [6.07, 6.45) is 3.50. The molecule has 1 unspecified atom stereocenters. The van der Waals surface area contributed by atoms with Crippen LogP contribution in [-0.4, -0.2) is 81.4 Å². The van der Waals surface area contributed by atoms with Gasteiger partial charge in [0.15, 0.2) is 11.1 Å². The maximum absolute atomic E-state index is 5.50. The first kappa shape index (κ1) is 24.6. The van der Waals surface area contributed by atoms with E-state index in [1.165, 1.54) is 23.7 Å². The molecule has 2 saturated heterocycles. The van der Waals surface area contributed by atoms with Crippen molar-refractivity contribution in [3.63, 3.8) is 0 Å². The van der Waals surface area contributed by atoms with Crippen LogP contribution in [0.5, 0.6) is 0 Å². The molecule has 1 aromatic heterocycles. The molecule has 166 valence electrons. The van der Waals surface area contributed by atoms with Gasteiger partial charge in [-0.3, -0.25) is 9.89 Å². The highest BCUT2D eigenvalue weighted by atomic mass is 127. The minimum Gasteiger partial charge on any atom is -0.379 e. The topological polar surface area (TPSA) is 65.0 Å². The smallest absolute Gasteiger partial charge is 0.191 e. The van der Waals surface area contributed by atoms with Crippen LogP contribution in [0, 0.1) is 5.92 Å². The van der Waals surface area contributed by atoms with Gasteiger partial charge in [-0.2, -0.15) is 0 Å². The van der Waals surface area contributed by atoms with Crippen LogP contribution in [0.1, 0.15) is 32.4 Å². The number of hydrogen-bond acceptors (Lipinski definition) is 6. The molecule has 9 heteroatoms. The number of rotatable bonds is 8. The average molecular weight is 537 g/mol. The van der Waals surface area contributed by atoms with Gasteiger partial charge in [0.2, 0.25) is 0 Å². The van der Waals surface area contributed by atoms with Gasteiger partial charge in [-0.05, 0) is 18.8 Å². The lowest BCUT2D eigenvalue weighted by Gasteiger charge is -2.37. The summed E-state index contributed by atoms with van der Waals surface area (Å²) < 4.78 is 5.50. The Hall–Kier alpha value is -0.650. The zero-order valence-corrected chi connectivity index (χ0v) is 21.2. The molecule has 0 amide bonds. The van der Waals surface area contributed by atoms with Crippen molar-refractivity contribution in [2.75, 3.05) is 64.4 Å². The third-order valence-corrected chi connectivity index (χ3v) is 6.53. The Kier molecular flexibility index (Phi) is 11.0. The van der Waals surface area contributed by atoms with E-state index >= 15 is 0 Å². The summed E-state index contributed by atoms with van der Waals surface area (Å²) in [5.74, 6) is 1.46. The van der Waals surface area contributed by atoms with E-state index < -0.39 is 0 Å². The fourth-order valence-electron chi connectivity index (χ4n) is 3.89. The molecule has 3 heterocycles. The highest BCUT2D eigenvalue weighted by Gasteiger charge is 2.23. The fourth-order valence-corrected chi connectivity index (χ4v) is 4.80. The SMILES string of the molecule is CN=C(NCCc1csc(N2CCCC2)n1)NCC(C(C)C)N1CCOCC1.I. The van der Waals surface area contributed by atoms with E-state index in [9.17, 15) is 0 Å². The van der Waals surface area contributed by atoms with E-state index in [1.54, 1.807) is 11.3 Å². The zero-order chi connectivity index (χ0) is 19.8. The first-order valence-corrected chi connectivity index (χ1v) is 11.5. The monoisotopic (exact) mass is 536 g/mol. The Bertz CT molecular complexity index is 614. The predicted molar refractivity (Wildman–Crippen MR) is 133 cm³/mol. The second kappa shape index (κ2) is 12.9. The number of hydrogen-bond donors (Lipinski definition) is 2. The average Bonchev–Trinajstić information content (AvgIpc) is 3.39. The number of thiazole rings is 1. The number of guanidine groups is 1. The minimum absolute atomic E-state index is 0. The van der Waals surface area contributed by atoms with Crippen molar-refractivity contribution in [2.45, 2.75) is 39.2 Å². The number of aromatic nitrogens is 1. The van der Waals surface area contributed by atoms with Gasteiger partial charge in [-0.15, -0.1) is 35.3 Å². The second-order valence-corrected chi connectivity index (χ2v) is 8.74. The molecule has 0 aliphatic carbocycles. The van der Waals surface area contributed by atoms with Gasteiger partial charge in [-0.25, -0.2) is 4.98 Å². The lowest BCUT2D eigenvalue weighted by Crippen LogP contribution is -2.52. The number of anilines is 1. The van der Waals surface area contributed by atoms with Crippen LogP contribution in [0.2, 0.25) is 0 Å². The van der Waals surface area contributed by atoms with Crippen LogP contribution < -0.4 is 15.5 Å². The maximum Gasteiger partial charge on any atom is 0.191 e. The summed E-state index contributed by atoms with van der Waals surface area (Å²) in [5, 5.41) is 10.3. The van der Waals surface area contributed by atoms with Gasteiger partial charge < -0.3 is 20.3 Å². The van der Waals surface area contributed by atoms with E-state index in [0.29, 0.717) is 12.0 Å². The number of morpholine rings is 1. The molecule has 29 heavy (non-hydrogen) atoms. The molecule has 3 rings (SSSR count). The standard InChI is InChI=1S/C20H36N6OS.HI/c1-16(2)18(25-10-12-27-13-11-25)14-23-19(21-3)22-7-6-17-15-28-20(24-17)26-8-4-5-9-26;/h15-16,18H,4-14H2,1-3H3,(H2,21,22,23);1H. The number of aliphatic imine (C=N–C) groups is 1. The molecule has 0 bridgehead atoms. The second-order valence-electron chi connectivity index (χ2n) is 7.91. The van der Waals surface area contributed by atoms with E-state index in [0.717, 1.165) is 64.9 Å². The molecular formula is C20H37IN6OS. The number of nitrogens with zero attached hydrogens (tertiary/aromatic N) is 4. The van der Waals surface area contributed by atoms with Gasteiger partial charge in [0.25, 0.3) is 0 Å². The Morgan fingerprint density at radius 1 is 1.21 bits per heavy atom. The molecule has 0 aromatic carbocycles. The summed E-state index contributed by atoms with van der Waals surface area (Å²) in [6, 6.07) is 0.490. The molecule has 2 N–H and O–H groups in total. The highest BCUT2D eigenvalue weighted by molar-refractivity contribution is 14.0. The normalized spacial score (nSPS) is 19.3. The third kappa shape index (κ3) is 7.52. The summed E-state index contributed by atoms with van der Waals surface area (Å²) in [6.45, 7) is 12.3. The molecule has 7 nitrogen and oxygen atoms in total. The van der Waals surface area contributed by atoms with Crippen molar-refractivity contribution in [1.82, 2.24) is 20.5 Å². The Labute approximate surface area is 196 Å². The first-order valence-electron chi connectivity index (χ1n) is 10.6. The molecule has 0 spiro atoms. The van der Waals surface area contributed by atoms with Crippen LogP contribution in [0.4, 0.5) is 5.13 Å². The summed E-state index contributed by atoms with van der Waals surface area (Å²) in [4.78, 5) is 14.1. The molecule has 0 radical (unpaired) electrons. The predicted octanol–water partition coefficient (Wildman–Crippen LogP) is 2.43. The molecule has 2 aliphatic rings. The lowest BCUT2D eigenvalue weighted by molar-refractivity contribution is 0.00752. The lowest BCUT2D eigenvalue weighted by atomic mass is 10.0. The van der Waals surface area contributed by atoms with Crippen molar-refractivity contribution in [3.8, 4) is 0 Å². The Balaban J connectivity index is 0.00000300. The Morgan fingerprint density at radius 2 is 1.93 bits per heavy atom. The largest absolute Gasteiger partial charge is 0.379 e. The van der Waals surface area contributed by atoms with Crippen molar-refractivity contribution < 1.29 is 4.74 Å². The quantitative estimate of drug-likeness (QED) is 0.303. The van der Waals surface area contributed by atoms with Crippen LogP contribution in [0.3, 0.4) is 0 Å². The van der Waals surface area contributed by atoms with Crippen LogP contribution in [-0.2, 0) is 11.2 Å². The highest BCUT2D eigenvalue weighted by Crippen LogP contribution is 2.24. The number of halogens is 1. The van der Waals surface area contributed by atoms with Gasteiger partial charge in [0.1, 0.15) is 0 Å². The zero-order valence-electron chi connectivity index (χ0n) is 18.0. The molecule has 2 aliphatic heterocycles. The van der Waals surface area contributed by atoms with Crippen molar-refractivity contribution in [3.05, 3.63) is 11.1 Å². The Morgan fingerprint density at radius 3 is 2.59 bits per heavy atom. The maximum atomic E-state index is 5.50. The van der Waals surface area contributed by atoms with Crippen LogP contribution in [0.25, 0.3) is 0 Å². The molecular weight excluding hydrogens is 499 g/mol. The molecule has 2 fully saturated rings. The van der Waals surface area contributed by atoms with Gasteiger partial charge in [0, 0.05) is 64.2 Å².